The first kappa shape index (κ1) is 17.7. The van der Waals surface area contributed by atoms with Gasteiger partial charge in [-0.25, -0.2) is 13.8 Å². The van der Waals surface area contributed by atoms with Crippen LogP contribution in [0.4, 0.5) is 20.4 Å². The van der Waals surface area contributed by atoms with E-state index < -0.39 is 11.6 Å². The van der Waals surface area contributed by atoms with Crippen LogP contribution in [0, 0.1) is 11.6 Å². The Labute approximate surface area is 126 Å². The first-order valence-electron chi connectivity index (χ1n) is 7.91. The second kappa shape index (κ2) is 8.80. The highest BCUT2D eigenvalue weighted by atomic mass is 19.1. The van der Waals surface area contributed by atoms with Crippen LogP contribution < -0.4 is 10.2 Å². The molecular weight excluding hydrogens is 272 g/mol. The molecule has 0 aliphatic rings. The first-order chi connectivity index (χ1) is 10.0. The Kier molecular flexibility index (Phi) is 7.40. The molecule has 0 aliphatic heterocycles. The van der Waals surface area contributed by atoms with Crippen molar-refractivity contribution >= 4 is 11.6 Å². The summed E-state index contributed by atoms with van der Waals surface area (Å²) in [5.41, 5.74) is 0. The van der Waals surface area contributed by atoms with Gasteiger partial charge in [0.25, 0.3) is 0 Å². The minimum atomic E-state index is -0.635. The number of aromatic nitrogens is 1. The summed E-state index contributed by atoms with van der Waals surface area (Å²) in [6, 6.07) is 1.10. The second-order valence-electron chi connectivity index (χ2n) is 5.36. The van der Waals surface area contributed by atoms with Crippen LogP contribution >= 0.6 is 0 Å². The molecule has 0 bridgehead atoms. The molecule has 1 atom stereocenters. The predicted octanol–water partition coefficient (Wildman–Crippen LogP) is 4.59. The molecule has 0 saturated heterocycles. The van der Waals surface area contributed by atoms with E-state index in [0.717, 1.165) is 38.3 Å². The smallest absolute Gasteiger partial charge is 0.168 e. The third-order valence-electron chi connectivity index (χ3n) is 3.60. The van der Waals surface area contributed by atoms with Gasteiger partial charge in [-0.3, -0.25) is 0 Å². The number of unbranched alkanes of at least 4 members (excludes halogenated alkanes) is 1. The summed E-state index contributed by atoms with van der Waals surface area (Å²) in [6.45, 7) is 9.53. The number of anilines is 2. The van der Waals surface area contributed by atoms with Crippen molar-refractivity contribution in [3.63, 3.8) is 0 Å². The zero-order valence-corrected chi connectivity index (χ0v) is 13.5. The van der Waals surface area contributed by atoms with Gasteiger partial charge in [0.05, 0.1) is 0 Å². The molecule has 1 heterocycles. The summed E-state index contributed by atoms with van der Waals surface area (Å²) in [4.78, 5) is 6.14. The minimum Gasteiger partial charge on any atom is -0.368 e. The quantitative estimate of drug-likeness (QED) is 0.723. The van der Waals surface area contributed by atoms with Gasteiger partial charge in [-0.1, -0.05) is 27.2 Å². The number of hydrogen-bond acceptors (Lipinski definition) is 3. The number of nitrogens with one attached hydrogen (secondary N) is 1. The number of hydrogen-bond donors (Lipinski definition) is 1. The maximum Gasteiger partial charge on any atom is 0.168 e. The molecule has 120 valence electrons. The highest BCUT2D eigenvalue weighted by molar-refractivity contribution is 5.50. The molecule has 1 aromatic rings. The molecule has 0 aliphatic carbocycles. The molecule has 0 radical (unpaired) electrons. The lowest BCUT2D eigenvalue weighted by atomic mass is 10.2. The summed E-state index contributed by atoms with van der Waals surface area (Å²) in [6.07, 6.45) is 3.73. The molecule has 5 heteroatoms. The fraction of sp³-hybridized carbons (Fsp3) is 0.688. The van der Waals surface area contributed by atoms with Crippen molar-refractivity contribution in [2.45, 2.75) is 59.4 Å². The monoisotopic (exact) mass is 299 g/mol. The molecule has 1 rings (SSSR count). The van der Waals surface area contributed by atoms with Crippen molar-refractivity contribution in [3.8, 4) is 0 Å². The molecule has 1 N–H and O–H groups in total. The summed E-state index contributed by atoms with van der Waals surface area (Å²) in [5.74, 6) is -0.842. The molecule has 0 aromatic carbocycles. The highest BCUT2D eigenvalue weighted by Crippen LogP contribution is 2.25. The van der Waals surface area contributed by atoms with E-state index in [2.05, 4.69) is 24.1 Å². The zero-order chi connectivity index (χ0) is 15.8. The number of rotatable bonds is 9. The van der Waals surface area contributed by atoms with E-state index in [1.54, 1.807) is 0 Å². The average molecular weight is 299 g/mol. The van der Waals surface area contributed by atoms with Gasteiger partial charge in [-0.2, -0.15) is 0 Å². The van der Waals surface area contributed by atoms with Crippen LogP contribution in [-0.2, 0) is 0 Å². The van der Waals surface area contributed by atoms with E-state index in [1.165, 1.54) is 0 Å². The SMILES string of the molecule is CCCCN(c1nc(NCCC)c(F)cc1F)C(C)CC. The molecule has 0 amide bonds. The second-order valence-corrected chi connectivity index (χ2v) is 5.36. The molecule has 1 aromatic heterocycles. The third-order valence-corrected chi connectivity index (χ3v) is 3.60. The maximum atomic E-state index is 14.2. The summed E-state index contributed by atoms with van der Waals surface area (Å²) in [5, 5.41) is 2.92. The largest absolute Gasteiger partial charge is 0.368 e. The van der Waals surface area contributed by atoms with Crippen LogP contribution in [0.1, 0.15) is 53.4 Å². The highest BCUT2D eigenvalue weighted by Gasteiger charge is 2.20. The van der Waals surface area contributed by atoms with Crippen molar-refractivity contribution in [3.05, 3.63) is 17.7 Å². The van der Waals surface area contributed by atoms with E-state index in [9.17, 15) is 8.78 Å². The van der Waals surface area contributed by atoms with Gasteiger partial charge < -0.3 is 10.2 Å². The third kappa shape index (κ3) is 4.83. The van der Waals surface area contributed by atoms with Gasteiger partial charge in [0.15, 0.2) is 23.3 Å². The lowest BCUT2D eigenvalue weighted by Crippen LogP contribution is -2.35. The van der Waals surface area contributed by atoms with E-state index in [0.29, 0.717) is 6.54 Å². The zero-order valence-electron chi connectivity index (χ0n) is 13.5. The van der Waals surface area contributed by atoms with E-state index in [4.69, 9.17) is 0 Å². The van der Waals surface area contributed by atoms with Crippen molar-refractivity contribution in [2.24, 2.45) is 0 Å². The minimum absolute atomic E-state index is 0.137. The Hall–Kier alpha value is -1.39. The van der Waals surface area contributed by atoms with Crippen molar-refractivity contribution < 1.29 is 8.78 Å². The Morgan fingerprint density at radius 1 is 1.19 bits per heavy atom. The van der Waals surface area contributed by atoms with Gasteiger partial charge in [0.2, 0.25) is 0 Å². The molecule has 0 saturated carbocycles. The van der Waals surface area contributed by atoms with Crippen LogP contribution in [0.5, 0.6) is 0 Å². The number of halogens is 2. The van der Waals surface area contributed by atoms with Gasteiger partial charge in [0, 0.05) is 25.2 Å². The Morgan fingerprint density at radius 2 is 1.90 bits per heavy atom. The van der Waals surface area contributed by atoms with Crippen molar-refractivity contribution in [1.82, 2.24) is 4.98 Å². The Balaban J connectivity index is 3.10. The molecular formula is C16H27F2N3. The maximum absolute atomic E-state index is 14.2. The molecule has 0 spiro atoms. The first-order valence-corrected chi connectivity index (χ1v) is 7.91. The standard InChI is InChI=1S/C16H27F2N3/c1-5-8-10-21(12(4)7-3)16-14(18)11-13(17)15(20-16)19-9-6-2/h11-12H,5-10H2,1-4H3,(H,19,20). The van der Waals surface area contributed by atoms with Crippen LogP contribution in [0.2, 0.25) is 0 Å². The fourth-order valence-corrected chi connectivity index (χ4v) is 2.11. The average Bonchev–Trinajstić information content (AvgIpc) is 2.47. The van der Waals surface area contributed by atoms with Gasteiger partial charge in [-0.15, -0.1) is 0 Å². The van der Waals surface area contributed by atoms with Crippen molar-refractivity contribution in [2.75, 3.05) is 23.3 Å². The van der Waals surface area contributed by atoms with E-state index in [1.807, 2.05) is 18.7 Å². The van der Waals surface area contributed by atoms with Crippen LogP contribution in [0.3, 0.4) is 0 Å². The summed E-state index contributed by atoms with van der Waals surface area (Å²) in [7, 11) is 0. The molecule has 0 fully saturated rings. The molecule has 21 heavy (non-hydrogen) atoms. The number of pyridine rings is 1. The van der Waals surface area contributed by atoms with Crippen LogP contribution in [0.15, 0.2) is 6.07 Å². The Morgan fingerprint density at radius 3 is 2.48 bits per heavy atom. The predicted molar refractivity (Wildman–Crippen MR) is 84.9 cm³/mol. The summed E-state index contributed by atoms with van der Waals surface area (Å²) < 4.78 is 27.9. The van der Waals surface area contributed by atoms with Crippen LogP contribution in [0.25, 0.3) is 0 Å². The van der Waals surface area contributed by atoms with E-state index in [-0.39, 0.29) is 17.7 Å². The molecule has 1 unspecified atom stereocenters. The lowest BCUT2D eigenvalue weighted by molar-refractivity contribution is 0.540. The van der Waals surface area contributed by atoms with E-state index >= 15 is 0 Å². The molecule has 3 nitrogen and oxygen atoms in total. The summed E-state index contributed by atoms with van der Waals surface area (Å²) >= 11 is 0. The van der Waals surface area contributed by atoms with Crippen LogP contribution in [-0.4, -0.2) is 24.1 Å². The van der Waals surface area contributed by atoms with Crippen molar-refractivity contribution in [1.29, 1.82) is 0 Å². The van der Waals surface area contributed by atoms with Gasteiger partial charge in [0.1, 0.15) is 0 Å². The fourth-order valence-electron chi connectivity index (χ4n) is 2.11. The number of nitrogens with zero attached hydrogens (tertiary/aromatic N) is 2. The topological polar surface area (TPSA) is 28.2 Å². The Bertz CT molecular complexity index is 438. The van der Waals surface area contributed by atoms with Gasteiger partial charge >= 0.3 is 0 Å². The van der Waals surface area contributed by atoms with Gasteiger partial charge in [-0.05, 0) is 26.2 Å². The normalized spacial score (nSPS) is 12.3. The lowest BCUT2D eigenvalue weighted by Gasteiger charge is -2.30.